The molecule has 0 aromatic carbocycles. The lowest BCUT2D eigenvalue weighted by molar-refractivity contribution is 0.0827. The molecule has 0 saturated carbocycles. The van der Waals surface area contributed by atoms with Crippen LogP contribution in [0.5, 0.6) is 0 Å². The van der Waals surface area contributed by atoms with Crippen LogP contribution in [-0.2, 0) is 6.54 Å². The fraction of sp³-hybridized carbons (Fsp3) is 0.267. The minimum absolute atomic E-state index is 0.0515. The van der Waals surface area contributed by atoms with E-state index in [2.05, 4.69) is 15.3 Å². The predicted octanol–water partition coefficient (Wildman–Crippen LogP) is 2.10. The lowest BCUT2D eigenvalue weighted by Gasteiger charge is -2.10. The van der Waals surface area contributed by atoms with Gasteiger partial charge in [-0.05, 0) is 31.2 Å². The number of rotatable bonds is 4. The second-order valence-corrected chi connectivity index (χ2v) is 4.76. The second kappa shape index (κ2) is 6.14. The number of carbonyl (C=O) groups is 1. The van der Waals surface area contributed by atoms with Gasteiger partial charge in [-0.25, -0.2) is 4.98 Å². The number of hydrogen-bond donors (Lipinski definition) is 1. The third kappa shape index (κ3) is 3.54. The summed E-state index contributed by atoms with van der Waals surface area (Å²) in [6, 6.07) is 9.47. The molecule has 0 radical (unpaired) electrons. The molecule has 0 unspecified atom stereocenters. The Hall–Kier alpha value is -2.43. The normalized spacial score (nSPS) is 10.2. The topological polar surface area (TPSA) is 58.1 Å². The van der Waals surface area contributed by atoms with E-state index >= 15 is 0 Å². The largest absolute Gasteiger partial charge is 0.364 e. The Kier molecular flexibility index (Phi) is 4.30. The molecule has 2 heterocycles. The van der Waals surface area contributed by atoms with Crippen LogP contribution in [0, 0.1) is 6.92 Å². The molecule has 2 rings (SSSR count). The zero-order valence-electron chi connectivity index (χ0n) is 11.9. The van der Waals surface area contributed by atoms with Crippen LogP contribution in [0.4, 0.5) is 5.82 Å². The molecule has 0 fully saturated rings. The van der Waals surface area contributed by atoms with Gasteiger partial charge in [0, 0.05) is 26.0 Å². The summed E-state index contributed by atoms with van der Waals surface area (Å²) in [7, 11) is 3.44. The van der Waals surface area contributed by atoms with Crippen molar-refractivity contribution < 1.29 is 4.79 Å². The van der Waals surface area contributed by atoms with Crippen LogP contribution in [0.1, 0.15) is 21.7 Å². The Morgan fingerprint density at radius 2 is 2.05 bits per heavy atom. The molecule has 1 amide bonds. The Balaban J connectivity index is 1.99. The summed E-state index contributed by atoms with van der Waals surface area (Å²) in [6.45, 7) is 2.57. The lowest BCUT2D eigenvalue weighted by Crippen LogP contribution is -2.21. The number of nitrogens with zero attached hydrogens (tertiary/aromatic N) is 3. The average Bonchev–Trinajstić information content (AvgIpc) is 2.45. The summed E-state index contributed by atoms with van der Waals surface area (Å²) >= 11 is 0. The van der Waals surface area contributed by atoms with Crippen LogP contribution < -0.4 is 5.32 Å². The van der Waals surface area contributed by atoms with E-state index in [9.17, 15) is 4.79 Å². The monoisotopic (exact) mass is 270 g/mol. The van der Waals surface area contributed by atoms with Crippen LogP contribution in [0.3, 0.4) is 0 Å². The Morgan fingerprint density at radius 3 is 2.65 bits per heavy atom. The second-order valence-electron chi connectivity index (χ2n) is 4.76. The van der Waals surface area contributed by atoms with Crippen molar-refractivity contribution in [3.05, 3.63) is 53.5 Å². The van der Waals surface area contributed by atoms with Gasteiger partial charge in [0.25, 0.3) is 5.91 Å². The maximum atomic E-state index is 11.7. The summed E-state index contributed by atoms with van der Waals surface area (Å²) in [6.07, 6.45) is 1.58. The highest BCUT2D eigenvalue weighted by atomic mass is 16.2. The molecular formula is C15H18N4O. The van der Waals surface area contributed by atoms with Crippen molar-refractivity contribution in [2.24, 2.45) is 0 Å². The number of pyridine rings is 2. The first-order chi connectivity index (χ1) is 9.56. The van der Waals surface area contributed by atoms with E-state index in [0.717, 1.165) is 17.2 Å². The van der Waals surface area contributed by atoms with Gasteiger partial charge in [-0.2, -0.15) is 0 Å². The van der Waals surface area contributed by atoms with Crippen molar-refractivity contribution in [2.75, 3.05) is 19.4 Å². The van der Waals surface area contributed by atoms with Gasteiger partial charge in [-0.1, -0.05) is 6.07 Å². The molecule has 0 aliphatic carbocycles. The summed E-state index contributed by atoms with van der Waals surface area (Å²) in [5.41, 5.74) is 2.53. The van der Waals surface area contributed by atoms with Gasteiger partial charge >= 0.3 is 0 Å². The smallest absolute Gasteiger partial charge is 0.254 e. The number of nitrogens with one attached hydrogen (secondary N) is 1. The Bertz CT molecular complexity index is 593. The number of aromatic nitrogens is 2. The predicted molar refractivity (Wildman–Crippen MR) is 78.6 cm³/mol. The molecule has 5 nitrogen and oxygen atoms in total. The SMILES string of the molecule is Cc1cccc(CNc2ccc(C(=O)N(C)C)cn2)n1. The zero-order chi connectivity index (χ0) is 14.5. The number of carbonyl (C=O) groups excluding carboxylic acids is 1. The number of hydrogen-bond acceptors (Lipinski definition) is 4. The highest BCUT2D eigenvalue weighted by Gasteiger charge is 2.07. The number of aryl methyl sites for hydroxylation is 1. The fourth-order valence-corrected chi connectivity index (χ4v) is 1.76. The Morgan fingerprint density at radius 1 is 1.25 bits per heavy atom. The van der Waals surface area contributed by atoms with Gasteiger partial charge in [0.05, 0.1) is 17.8 Å². The molecule has 2 aromatic heterocycles. The van der Waals surface area contributed by atoms with E-state index in [1.807, 2.05) is 25.1 Å². The molecule has 104 valence electrons. The van der Waals surface area contributed by atoms with Crippen LogP contribution in [-0.4, -0.2) is 34.9 Å². The average molecular weight is 270 g/mol. The van der Waals surface area contributed by atoms with Crippen molar-refractivity contribution in [3.63, 3.8) is 0 Å². The van der Waals surface area contributed by atoms with Crippen LogP contribution >= 0.6 is 0 Å². The first kappa shape index (κ1) is 14.0. The maximum Gasteiger partial charge on any atom is 0.254 e. The molecule has 0 atom stereocenters. The molecule has 5 heteroatoms. The highest BCUT2D eigenvalue weighted by molar-refractivity contribution is 5.93. The first-order valence-corrected chi connectivity index (χ1v) is 6.40. The van der Waals surface area contributed by atoms with E-state index in [4.69, 9.17) is 0 Å². The number of amides is 1. The minimum atomic E-state index is -0.0515. The van der Waals surface area contributed by atoms with E-state index in [1.54, 1.807) is 32.4 Å². The molecule has 0 spiro atoms. The molecule has 2 aromatic rings. The maximum absolute atomic E-state index is 11.7. The van der Waals surface area contributed by atoms with Crippen molar-refractivity contribution >= 4 is 11.7 Å². The minimum Gasteiger partial charge on any atom is -0.364 e. The van der Waals surface area contributed by atoms with Gasteiger partial charge in [0.1, 0.15) is 5.82 Å². The van der Waals surface area contributed by atoms with Crippen LogP contribution in [0.15, 0.2) is 36.5 Å². The molecule has 20 heavy (non-hydrogen) atoms. The first-order valence-electron chi connectivity index (χ1n) is 6.40. The van der Waals surface area contributed by atoms with E-state index in [-0.39, 0.29) is 5.91 Å². The summed E-state index contributed by atoms with van der Waals surface area (Å²) < 4.78 is 0. The van der Waals surface area contributed by atoms with Crippen LogP contribution in [0.25, 0.3) is 0 Å². The van der Waals surface area contributed by atoms with Crippen molar-refractivity contribution in [3.8, 4) is 0 Å². The molecule has 0 aliphatic heterocycles. The Labute approximate surface area is 118 Å². The van der Waals surface area contributed by atoms with Gasteiger partial charge in [-0.15, -0.1) is 0 Å². The van der Waals surface area contributed by atoms with Crippen molar-refractivity contribution in [1.82, 2.24) is 14.9 Å². The van der Waals surface area contributed by atoms with Gasteiger partial charge < -0.3 is 10.2 Å². The van der Waals surface area contributed by atoms with Gasteiger partial charge in [0.2, 0.25) is 0 Å². The molecule has 1 N–H and O–H groups in total. The quantitative estimate of drug-likeness (QED) is 0.924. The molecule has 0 bridgehead atoms. The highest BCUT2D eigenvalue weighted by Crippen LogP contribution is 2.08. The van der Waals surface area contributed by atoms with Gasteiger partial charge in [0.15, 0.2) is 0 Å². The third-order valence-corrected chi connectivity index (χ3v) is 2.81. The van der Waals surface area contributed by atoms with Crippen molar-refractivity contribution in [1.29, 1.82) is 0 Å². The standard InChI is InChI=1S/C15H18N4O/c1-11-5-4-6-13(18-11)10-17-14-8-7-12(9-16-14)15(20)19(2)3/h4-9H,10H2,1-3H3,(H,16,17). The van der Waals surface area contributed by atoms with E-state index in [0.29, 0.717) is 12.1 Å². The zero-order valence-corrected chi connectivity index (χ0v) is 11.9. The van der Waals surface area contributed by atoms with E-state index < -0.39 is 0 Å². The fourth-order valence-electron chi connectivity index (χ4n) is 1.76. The molecule has 0 saturated heterocycles. The van der Waals surface area contributed by atoms with E-state index in [1.165, 1.54) is 4.90 Å². The number of anilines is 1. The van der Waals surface area contributed by atoms with Crippen molar-refractivity contribution in [2.45, 2.75) is 13.5 Å². The lowest BCUT2D eigenvalue weighted by atomic mass is 10.2. The molecule has 0 aliphatic rings. The molecular weight excluding hydrogens is 252 g/mol. The van der Waals surface area contributed by atoms with Crippen LogP contribution in [0.2, 0.25) is 0 Å². The summed E-state index contributed by atoms with van der Waals surface area (Å²) in [5.74, 6) is 0.674. The van der Waals surface area contributed by atoms with Gasteiger partial charge in [-0.3, -0.25) is 9.78 Å². The third-order valence-electron chi connectivity index (χ3n) is 2.81. The summed E-state index contributed by atoms with van der Waals surface area (Å²) in [4.78, 5) is 21.9. The summed E-state index contributed by atoms with van der Waals surface area (Å²) in [5, 5.41) is 3.19.